The van der Waals surface area contributed by atoms with Crippen LogP contribution in [0.3, 0.4) is 0 Å². The number of carboxylic acids is 1. The Balaban J connectivity index is 3.24. The third-order valence-electron chi connectivity index (χ3n) is 3.45. The number of benzene rings is 1. The molecule has 144 valence electrons. The van der Waals surface area contributed by atoms with Crippen LogP contribution in [0.5, 0.6) is 0 Å². The van der Waals surface area contributed by atoms with Crippen molar-refractivity contribution in [2.75, 3.05) is 13.7 Å². The first kappa shape index (κ1) is 22.2. The monoisotopic (exact) mass is 404 g/mol. The highest BCUT2D eigenvalue weighted by Gasteiger charge is 2.33. The van der Waals surface area contributed by atoms with E-state index in [4.69, 9.17) is 27.9 Å². The number of nitrogens with one attached hydrogen (secondary N) is 1. The molecule has 0 aromatic heterocycles. The lowest BCUT2D eigenvalue weighted by Gasteiger charge is -2.30. The molecule has 0 aliphatic rings. The van der Waals surface area contributed by atoms with Crippen molar-refractivity contribution in [1.82, 2.24) is 10.4 Å². The van der Waals surface area contributed by atoms with E-state index in [0.717, 1.165) is 5.01 Å². The highest BCUT2D eigenvalue weighted by atomic mass is 35.5. The minimum absolute atomic E-state index is 0.00112. The Morgan fingerprint density at radius 3 is 2.46 bits per heavy atom. The van der Waals surface area contributed by atoms with E-state index in [1.54, 1.807) is 0 Å². The first-order valence-corrected chi connectivity index (χ1v) is 8.72. The molecule has 0 aliphatic carbocycles. The number of rotatable bonds is 8. The minimum atomic E-state index is -1.26. The van der Waals surface area contributed by atoms with Crippen LogP contribution in [0.4, 0.5) is 0 Å². The van der Waals surface area contributed by atoms with Crippen LogP contribution in [0.1, 0.15) is 37.0 Å². The van der Waals surface area contributed by atoms with Gasteiger partial charge in [0, 0.05) is 12.1 Å². The van der Waals surface area contributed by atoms with Crippen molar-refractivity contribution in [3.8, 4) is 0 Å². The third-order valence-corrected chi connectivity index (χ3v) is 4.01. The number of carboxylic acid groups (broad SMARTS) is 1. The summed E-state index contributed by atoms with van der Waals surface area (Å²) in [4.78, 5) is 36.7. The molecule has 2 amide bonds. The van der Waals surface area contributed by atoms with Crippen LogP contribution in [0.25, 0.3) is 0 Å². The predicted octanol–water partition coefficient (Wildman–Crippen LogP) is 3.00. The summed E-state index contributed by atoms with van der Waals surface area (Å²) < 4.78 is 4.83. The number of ether oxygens (including phenoxy) is 1. The number of amides is 2. The average Bonchev–Trinajstić information content (AvgIpc) is 2.57. The zero-order valence-electron chi connectivity index (χ0n) is 14.8. The van der Waals surface area contributed by atoms with Gasteiger partial charge in [-0.1, -0.05) is 37.0 Å². The van der Waals surface area contributed by atoms with Crippen molar-refractivity contribution in [2.24, 2.45) is 5.92 Å². The zero-order valence-corrected chi connectivity index (χ0v) is 16.3. The van der Waals surface area contributed by atoms with Gasteiger partial charge in [-0.2, -0.15) is 0 Å². The second-order valence-corrected chi connectivity index (χ2v) is 6.90. The van der Waals surface area contributed by atoms with Gasteiger partial charge < -0.3 is 9.84 Å². The van der Waals surface area contributed by atoms with E-state index in [1.807, 2.05) is 13.8 Å². The van der Waals surface area contributed by atoms with Crippen LogP contribution in [0, 0.1) is 5.92 Å². The summed E-state index contributed by atoms with van der Waals surface area (Å²) in [6.07, 6.45) is 0.112. The number of hydrogen-bond donors (Lipinski definition) is 2. The number of halogens is 2. The lowest BCUT2D eigenvalue weighted by molar-refractivity contribution is -0.145. The van der Waals surface area contributed by atoms with E-state index in [-0.39, 0.29) is 41.0 Å². The van der Waals surface area contributed by atoms with Gasteiger partial charge in [-0.25, -0.2) is 9.80 Å². The van der Waals surface area contributed by atoms with Crippen LogP contribution in [-0.2, 0) is 14.3 Å². The van der Waals surface area contributed by atoms with Gasteiger partial charge in [-0.15, -0.1) is 0 Å². The largest absolute Gasteiger partial charge is 0.480 e. The zero-order chi connectivity index (χ0) is 19.9. The summed E-state index contributed by atoms with van der Waals surface area (Å²) in [5, 5.41) is 10.7. The number of carbonyl (C=O) groups is 3. The Bertz CT molecular complexity index is 667. The van der Waals surface area contributed by atoms with Crippen molar-refractivity contribution in [2.45, 2.75) is 32.7 Å². The number of aliphatic carboxylic acids is 1. The molecule has 9 heteroatoms. The fraction of sp³-hybridized carbons (Fsp3) is 0.471. The summed E-state index contributed by atoms with van der Waals surface area (Å²) in [5.74, 6) is -2.57. The number of hydrazine groups is 1. The molecule has 0 saturated carbocycles. The van der Waals surface area contributed by atoms with Crippen molar-refractivity contribution in [3.05, 3.63) is 33.8 Å². The van der Waals surface area contributed by atoms with Crippen LogP contribution >= 0.6 is 23.2 Å². The van der Waals surface area contributed by atoms with Crippen molar-refractivity contribution < 1.29 is 24.2 Å². The summed E-state index contributed by atoms with van der Waals surface area (Å²) in [7, 11) is 1.43. The second kappa shape index (κ2) is 10.4. The van der Waals surface area contributed by atoms with Crippen molar-refractivity contribution in [1.29, 1.82) is 0 Å². The Morgan fingerprint density at radius 2 is 1.92 bits per heavy atom. The molecule has 0 saturated heterocycles. The van der Waals surface area contributed by atoms with E-state index in [2.05, 4.69) is 5.43 Å². The van der Waals surface area contributed by atoms with Crippen LogP contribution in [0.2, 0.25) is 10.0 Å². The maximum Gasteiger partial charge on any atom is 0.328 e. The summed E-state index contributed by atoms with van der Waals surface area (Å²) in [6.45, 7) is 3.77. The molecule has 0 fully saturated rings. The molecule has 0 aliphatic heterocycles. The average molecular weight is 405 g/mol. The molecule has 7 nitrogen and oxygen atoms in total. The molecule has 0 unspecified atom stereocenters. The Morgan fingerprint density at radius 1 is 1.27 bits per heavy atom. The maximum atomic E-state index is 12.9. The molecule has 0 radical (unpaired) electrons. The van der Waals surface area contributed by atoms with E-state index in [9.17, 15) is 19.5 Å². The first-order valence-electron chi connectivity index (χ1n) is 7.97. The normalized spacial score (nSPS) is 11.9. The highest BCUT2D eigenvalue weighted by Crippen LogP contribution is 2.23. The fourth-order valence-electron chi connectivity index (χ4n) is 2.21. The maximum absolute atomic E-state index is 12.9. The minimum Gasteiger partial charge on any atom is -0.480 e. The van der Waals surface area contributed by atoms with Crippen LogP contribution in [0.15, 0.2) is 18.2 Å². The van der Waals surface area contributed by atoms with Crippen LogP contribution in [-0.4, -0.2) is 47.7 Å². The van der Waals surface area contributed by atoms with E-state index in [1.165, 1.54) is 25.3 Å². The number of hydrogen-bond acceptors (Lipinski definition) is 4. The summed E-state index contributed by atoms with van der Waals surface area (Å²) in [6, 6.07) is 3.00. The second-order valence-electron chi connectivity index (χ2n) is 6.06. The van der Waals surface area contributed by atoms with Gasteiger partial charge in [0.1, 0.15) is 0 Å². The summed E-state index contributed by atoms with van der Waals surface area (Å²) in [5.41, 5.74) is 2.37. The molecular weight excluding hydrogens is 383 g/mol. The van der Waals surface area contributed by atoms with Gasteiger partial charge in [0.15, 0.2) is 6.04 Å². The molecule has 0 bridgehead atoms. The van der Waals surface area contributed by atoms with E-state index in [0.29, 0.717) is 0 Å². The lowest BCUT2D eigenvalue weighted by Crippen LogP contribution is -2.55. The van der Waals surface area contributed by atoms with Gasteiger partial charge in [0.2, 0.25) is 5.91 Å². The van der Waals surface area contributed by atoms with Crippen molar-refractivity contribution >= 4 is 41.0 Å². The molecular formula is C17H22Cl2N2O5. The summed E-state index contributed by atoms with van der Waals surface area (Å²) >= 11 is 12.0. The molecule has 0 spiro atoms. The molecule has 1 rings (SSSR count). The molecule has 1 aromatic carbocycles. The fourth-order valence-corrected chi connectivity index (χ4v) is 2.58. The Kier molecular flexibility index (Phi) is 8.84. The number of nitrogens with zero attached hydrogens (tertiary/aromatic N) is 1. The Labute approximate surface area is 162 Å². The topological polar surface area (TPSA) is 95.9 Å². The van der Waals surface area contributed by atoms with Crippen molar-refractivity contribution in [3.63, 3.8) is 0 Å². The smallest absolute Gasteiger partial charge is 0.328 e. The molecule has 1 atom stereocenters. The van der Waals surface area contributed by atoms with Gasteiger partial charge in [0.25, 0.3) is 5.91 Å². The number of carbonyl (C=O) groups excluding carboxylic acids is 2. The van der Waals surface area contributed by atoms with E-state index < -0.39 is 23.8 Å². The van der Waals surface area contributed by atoms with Gasteiger partial charge in [0.05, 0.1) is 23.6 Å². The van der Waals surface area contributed by atoms with Gasteiger partial charge >= 0.3 is 5.97 Å². The highest BCUT2D eigenvalue weighted by molar-refractivity contribution is 6.35. The standard InChI is InChI=1S/C17H22Cl2N2O5/c1-10(2)8-14(17(24)25)21(20-15(22)6-7-26-3)16(23)12-9-11(18)4-5-13(12)19/h4-5,9-10,14H,6-8H2,1-3H3,(H,20,22)(H,24,25)/t14-/m0/s1. The molecule has 0 heterocycles. The third kappa shape index (κ3) is 6.48. The van der Waals surface area contributed by atoms with E-state index >= 15 is 0 Å². The molecule has 2 N–H and O–H groups in total. The SMILES string of the molecule is COCCC(=O)NN(C(=O)c1cc(Cl)ccc1Cl)[C@@H](CC(C)C)C(=O)O. The van der Waals surface area contributed by atoms with Gasteiger partial charge in [-0.05, 0) is 30.5 Å². The Hall–Kier alpha value is -1.83. The predicted molar refractivity (Wildman–Crippen MR) is 98.1 cm³/mol. The number of methoxy groups -OCH3 is 1. The molecule has 26 heavy (non-hydrogen) atoms. The molecule has 1 aromatic rings. The van der Waals surface area contributed by atoms with Gasteiger partial charge in [-0.3, -0.25) is 15.0 Å². The van der Waals surface area contributed by atoms with Crippen LogP contribution < -0.4 is 5.43 Å². The quantitative estimate of drug-likeness (QED) is 0.649. The first-order chi connectivity index (χ1) is 12.2. The lowest BCUT2D eigenvalue weighted by atomic mass is 10.0.